The van der Waals surface area contributed by atoms with Crippen molar-refractivity contribution in [3.8, 4) is 5.75 Å². The lowest BCUT2D eigenvalue weighted by atomic mass is 9.61. The third kappa shape index (κ3) is 3.20. The Labute approximate surface area is 181 Å². The van der Waals surface area contributed by atoms with Crippen LogP contribution in [-0.2, 0) is 10.3 Å². The fourth-order valence-electron chi connectivity index (χ4n) is 6.39. The minimum Gasteiger partial charge on any atom is -0.507 e. The SMILES string of the molecule is C[C@H]1CC[C@@H]2[C@@H](C(=O)c3c(O)c([C@]4(O)CC[C@H](O)[C@@H]5O[C@@H]54)c[nH]c3=O)[C@@H](C)C=C[C@H]2C1. The Morgan fingerprint density at radius 1 is 1.23 bits per heavy atom. The minimum absolute atomic E-state index is 0.0336. The van der Waals surface area contributed by atoms with Gasteiger partial charge >= 0.3 is 0 Å². The number of aromatic amines is 1. The second-order valence-electron chi connectivity index (χ2n) is 10.2. The topological polar surface area (TPSA) is 123 Å². The minimum atomic E-state index is -1.55. The summed E-state index contributed by atoms with van der Waals surface area (Å²) in [4.78, 5) is 29.0. The summed E-state index contributed by atoms with van der Waals surface area (Å²) in [5.41, 5.74) is -2.35. The van der Waals surface area contributed by atoms with Crippen molar-refractivity contribution >= 4 is 5.78 Å². The number of rotatable bonds is 3. The summed E-state index contributed by atoms with van der Waals surface area (Å²) in [6.07, 6.45) is 7.25. The highest BCUT2D eigenvalue weighted by atomic mass is 16.6. The van der Waals surface area contributed by atoms with Crippen LogP contribution in [0.15, 0.2) is 23.1 Å². The average molecular weight is 430 g/mol. The third-order valence-electron chi connectivity index (χ3n) is 8.19. The smallest absolute Gasteiger partial charge is 0.262 e. The van der Waals surface area contributed by atoms with Gasteiger partial charge in [-0.15, -0.1) is 0 Å². The highest BCUT2D eigenvalue weighted by molar-refractivity contribution is 6.00. The maximum absolute atomic E-state index is 13.7. The molecular formula is C24H31NO6. The fourth-order valence-corrected chi connectivity index (χ4v) is 6.39. The number of hydrogen-bond acceptors (Lipinski definition) is 6. The van der Waals surface area contributed by atoms with Crippen molar-refractivity contribution in [3.05, 3.63) is 39.8 Å². The molecule has 0 bridgehead atoms. The van der Waals surface area contributed by atoms with Gasteiger partial charge in [-0.2, -0.15) is 0 Å². The van der Waals surface area contributed by atoms with E-state index in [9.17, 15) is 24.9 Å². The highest BCUT2D eigenvalue weighted by Gasteiger charge is 2.62. The summed E-state index contributed by atoms with van der Waals surface area (Å²) < 4.78 is 5.46. The van der Waals surface area contributed by atoms with Crippen LogP contribution in [0.5, 0.6) is 5.75 Å². The zero-order valence-electron chi connectivity index (χ0n) is 18.0. The van der Waals surface area contributed by atoms with Gasteiger partial charge in [0.25, 0.3) is 5.56 Å². The molecule has 0 radical (unpaired) electrons. The van der Waals surface area contributed by atoms with Crippen molar-refractivity contribution < 1.29 is 24.9 Å². The molecule has 1 aromatic heterocycles. The number of epoxide rings is 1. The third-order valence-corrected chi connectivity index (χ3v) is 8.19. The molecule has 7 heteroatoms. The van der Waals surface area contributed by atoms with Gasteiger partial charge in [0.2, 0.25) is 0 Å². The number of Topliss-reactive ketones (excluding diaryl/α,β-unsaturated/α-hetero) is 1. The number of ether oxygens (including phenoxy) is 1. The van der Waals surface area contributed by atoms with Crippen molar-refractivity contribution in [1.82, 2.24) is 4.98 Å². The molecule has 0 spiro atoms. The van der Waals surface area contributed by atoms with Crippen LogP contribution in [0, 0.1) is 29.6 Å². The van der Waals surface area contributed by atoms with E-state index in [1.54, 1.807) is 0 Å². The molecule has 3 aliphatic carbocycles. The van der Waals surface area contributed by atoms with Crippen molar-refractivity contribution in [1.29, 1.82) is 0 Å². The van der Waals surface area contributed by atoms with Gasteiger partial charge in [-0.25, -0.2) is 0 Å². The molecule has 2 saturated carbocycles. The summed E-state index contributed by atoms with van der Waals surface area (Å²) in [6.45, 7) is 4.22. The van der Waals surface area contributed by atoms with Crippen LogP contribution < -0.4 is 5.56 Å². The Morgan fingerprint density at radius 2 is 2.00 bits per heavy atom. The maximum atomic E-state index is 13.7. The molecule has 0 amide bonds. The number of pyridine rings is 1. The van der Waals surface area contributed by atoms with E-state index < -0.39 is 35.2 Å². The summed E-state index contributed by atoms with van der Waals surface area (Å²) >= 11 is 0. The van der Waals surface area contributed by atoms with Crippen molar-refractivity contribution in [2.45, 2.75) is 69.9 Å². The molecule has 1 aromatic rings. The molecule has 1 aliphatic heterocycles. The largest absolute Gasteiger partial charge is 0.507 e. The predicted molar refractivity (Wildman–Crippen MR) is 113 cm³/mol. The Balaban J connectivity index is 1.52. The van der Waals surface area contributed by atoms with Crippen LogP contribution in [0.25, 0.3) is 0 Å². The van der Waals surface area contributed by atoms with E-state index >= 15 is 0 Å². The summed E-state index contributed by atoms with van der Waals surface area (Å²) in [7, 11) is 0. The maximum Gasteiger partial charge on any atom is 0.262 e. The predicted octanol–water partition coefficient (Wildman–Crippen LogP) is 2.25. The molecule has 3 fully saturated rings. The number of hydrogen-bond donors (Lipinski definition) is 4. The first-order chi connectivity index (χ1) is 14.7. The number of aromatic hydroxyl groups is 1. The van der Waals surface area contributed by atoms with E-state index in [1.807, 2.05) is 6.92 Å². The van der Waals surface area contributed by atoms with Gasteiger partial charge in [-0.05, 0) is 49.4 Å². The van der Waals surface area contributed by atoms with E-state index in [4.69, 9.17) is 4.74 Å². The van der Waals surface area contributed by atoms with Crippen molar-refractivity contribution in [3.63, 3.8) is 0 Å². The molecule has 5 rings (SSSR count). The quantitative estimate of drug-likeness (QED) is 0.332. The van der Waals surface area contributed by atoms with Gasteiger partial charge < -0.3 is 25.0 Å². The van der Waals surface area contributed by atoms with E-state index in [0.717, 1.165) is 19.3 Å². The standard InChI is InChI=1S/C24H31NO6/c1-11-3-6-14-13(9-11)5-4-12(2)17(14)20(28)18-19(27)15(10-25-23(18)29)24(30)8-7-16(26)21-22(24)31-21/h4-5,10-14,16-17,21-22,26,30H,3,6-9H2,1-2H3,(H2,25,27,29)/t11-,12-,13-,14-,16-,17-,21-,22-,24+/m0/s1. The number of aromatic nitrogens is 1. The zero-order chi connectivity index (χ0) is 22.1. The summed E-state index contributed by atoms with van der Waals surface area (Å²) in [6, 6.07) is 0. The Kier molecular flexibility index (Phi) is 4.92. The first-order valence-corrected chi connectivity index (χ1v) is 11.5. The molecule has 2 heterocycles. The first-order valence-electron chi connectivity index (χ1n) is 11.5. The lowest BCUT2D eigenvalue weighted by molar-refractivity contribution is -0.0231. The first kappa shape index (κ1) is 20.9. The van der Waals surface area contributed by atoms with E-state index in [2.05, 4.69) is 24.1 Å². The molecular weight excluding hydrogens is 398 g/mol. The summed E-state index contributed by atoms with van der Waals surface area (Å²) in [5, 5.41) is 32.3. The lowest BCUT2D eigenvalue weighted by Gasteiger charge is -2.42. The normalized spacial score (nSPS) is 43.7. The van der Waals surface area contributed by atoms with Gasteiger partial charge in [0.1, 0.15) is 29.1 Å². The Bertz CT molecular complexity index is 985. The monoisotopic (exact) mass is 429 g/mol. The van der Waals surface area contributed by atoms with Gasteiger partial charge in [0.05, 0.1) is 6.10 Å². The molecule has 0 unspecified atom stereocenters. The van der Waals surface area contributed by atoms with Gasteiger partial charge in [-0.1, -0.05) is 32.4 Å². The highest BCUT2D eigenvalue weighted by Crippen LogP contribution is 2.52. The number of H-pyrrole nitrogens is 1. The molecule has 7 nitrogen and oxygen atoms in total. The number of ketones is 1. The molecule has 1 saturated heterocycles. The van der Waals surface area contributed by atoms with Crippen LogP contribution in [-0.4, -0.2) is 44.4 Å². The molecule has 168 valence electrons. The lowest BCUT2D eigenvalue weighted by Crippen LogP contribution is -2.43. The number of allylic oxidation sites excluding steroid dienone is 2. The van der Waals surface area contributed by atoms with Crippen LogP contribution in [0.4, 0.5) is 0 Å². The fraction of sp³-hybridized carbons (Fsp3) is 0.667. The Morgan fingerprint density at radius 3 is 2.77 bits per heavy atom. The van der Waals surface area contributed by atoms with Gasteiger partial charge in [-0.3, -0.25) is 9.59 Å². The number of fused-ring (bicyclic) bond motifs is 2. The zero-order valence-corrected chi connectivity index (χ0v) is 18.0. The van der Waals surface area contributed by atoms with E-state index in [-0.39, 0.29) is 41.1 Å². The van der Waals surface area contributed by atoms with Crippen molar-refractivity contribution in [2.75, 3.05) is 0 Å². The van der Waals surface area contributed by atoms with Crippen molar-refractivity contribution in [2.24, 2.45) is 29.6 Å². The summed E-state index contributed by atoms with van der Waals surface area (Å²) in [5.74, 6) is -0.152. The van der Waals surface area contributed by atoms with Crippen LogP contribution in [0.2, 0.25) is 0 Å². The van der Waals surface area contributed by atoms with Gasteiger partial charge in [0, 0.05) is 17.7 Å². The van der Waals surface area contributed by atoms with E-state index in [1.165, 1.54) is 6.20 Å². The molecule has 4 N–H and O–H groups in total. The number of aliphatic hydroxyl groups excluding tert-OH is 1. The second kappa shape index (κ2) is 7.29. The van der Waals surface area contributed by atoms with Crippen LogP contribution >= 0.6 is 0 Å². The second-order valence-corrected chi connectivity index (χ2v) is 10.2. The molecule has 0 aromatic carbocycles. The number of nitrogens with one attached hydrogen (secondary N) is 1. The molecule has 9 atom stereocenters. The van der Waals surface area contributed by atoms with Crippen LogP contribution in [0.1, 0.15) is 61.9 Å². The van der Waals surface area contributed by atoms with E-state index in [0.29, 0.717) is 18.3 Å². The number of carbonyl (C=O) groups excluding carboxylic acids is 1. The Hall–Kier alpha value is -1.96. The van der Waals surface area contributed by atoms with Gasteiger partial charge in [0.15, 0.2) is 5.78 Å². The number of carbonyl (C=O) groups is 1. The molecule has 31 heavy (non-hydrogen) atoms. The van der Waals surface area contributed by atoms with Crippen LogP contribution in [0.3, 0.4) is 0 Å². The molecule has 4 aliphatic rings. The number of aliphatic hydroxyl groups is 2. The average Bonchev–Trinajstić information content (AvgIpc) is 3.53.